The van der Waals surface area contributed by atoms with E-state index in [0.717, 1.165) is 11.1 Å². The Balaban J connectivity index is 1.57. The lowest BCUT2D eigenvalue weighted by atomic mass is 10.2. The van der Waals surface area contributed by atoms with Crippen molar-refractivity contribution in [2.24, 2.45) is 0 Å². The first kappa shape index (κ1) is 20.1. The monoisotopic (exact) mass is 394 g/mol. The van der Waals surface area contributed by atoms with Crippen molar-refractivity contribution in [2.75, 3.05) is 7.11 Å². The lowest BCUT2D eigenvalue weighted by Crippen LogP contribution is -2.06. The molecule has 3 aromatic rings. The van der Waals surface area contributed by atoms with Crippen LogP contribution in [-0.4, -0.2) is 29.4 Å². The summed E-state index contributed by atoms with van der Waals surface area (Å²) >= 11 is 0. The third-order valence-corrected chi connectivity index (χ3v) is 3.79. The highest BCUT2D eigenvalue weighted by atomic mass is 16.5. The minimum Gasteiger partial charge on any atom is -0.493 e. The Hall–Kier alpha value is -3.61. The highest BCUT2D eigenvalue weighted by molar-refractivity contribution is 5.87. The van der Waals surface area contributed by atoms with Gasteiger partial charge in [-0.15, -0.1) is 10.2 Å². The van der Waals surface area contributed by atoms with Crippen LogP contribution in [0.5, 0.6) is 11.5 Å². The summed E-state index contributed by atoms with van der Waals surface area (Å²) in [5, 5.41) is 7.84. The molecule has 150 valence electrons. The topological polar surface area (TPSA) is 83.7 Å². The number of aromatic nitrogens is 2. The van der Waals surface area contributed by atoms with Crippen LogP contribution in [-0.2, 0) is 16.1 Å². The van der Waals surface area contributed by atoms with Crippen LogP contribution in [0.1, 0.15) is 25.3 Å². The SMILES string of the molecule is COc1cc(C=CC(=O)OCc2nnc(-c3ccccc3)o2)ccc1OC(C)C. The quantitative estimate of drug-likeness (QED) is 0.416. The standard InChI is InChI=1S/C22H22N2O5/c1-15(2)28-18-11-9-16(13-19(18)26-3)10-12-21(25)27-14-20-23-24-22(29-20)17-7-5-4-6-8-17/h4-13,15H,14H2,1-3H3. The highest BCUT2D eigenvalue weighted by Gasteiger charge is 2.10. The number of hydrogen-bond acceptors (Lipinski definition) is 7. The molecule has 1 heterocycles. The van der Waals surface area contributed by atoms with Crippen molar-refractivity contribution >= 4 is 12.0 Å². The van der Waals surface area contributed by atoms with Crippen LogP contribution in [0.25, 0.3) is 17.5 Å². The van der Waals surface area contributed by atoms with Gasteiger partial charge in [-0.1, -0.05) is 24.3 Å². The van der Waals surface area contributed by atoms with Crippen molar-refractivity contribution in [3.05, 3.63) is 66.1 Å². The van der Waals surface area contributed by atoms with Gasteiger partial charge in [-0.2, -0.15) is 0 Å². The number of nitrogens with zero attached hydrogens (tertiary/aromatic N) is 2. The lowest BCUT2D eigenvalue weighted by molar-refractivity contribution is -0.139. The van der Waals surface area contributed by atoms with E-state index in [2.05, 4.69) is 10.2 Å². The van der Waals surface area contributed by atoms with Crippen LogP contribution in [0.4, 0.5) is 0 Å². The Morgan fingerprint density at radius 1 is 1.10 bits per heavy atom. The van der Waals surface area contributed by atoms with Crippen molar-refractivity contribution in [3.63, 3.8) is 0 Å². The Morgan fingerprint density at radius 2 is 1.90 bits per heavy atom. The Kier molecular flexibility index (Phi) is 6.63. The van der Waals surface area contributed by atoms with Crippen LogP contribution in [0.15, 0.2) is 59.0 Å². The lowest BCUT2D eigenvalue weighted by Gasteiger charge is -2.13. The van der Waals surface area contributed by atoms with E-state index in [1.165, 1.54) is 6.08 Å². The zero-order chi connectivity index (χ0) is 20.6. The summed E-state index contributed by atoms with van der Waals surface area (Å²) in [4.78, 5) is 12.0. The number of methoxy groups -OCH3 is 1. The molecule has 29 heavy (non-hydrogen) atoms. The number of hydrogen-bond donors (Lipinski definition) is 0. The Bertz CT molecular complexity index is 980. The minimum atomic E-state index is -0.522. The molecule has 1 aromatic heterocycles. The van der Waals surface area contributed by atoms with E-state index in [9.17, 15) is 4.79 Å². The maximum atomic E-state index is 12.0. The molecule has 0 bridgehead atoms. The molecule has 0 unspecified atom stereocenters. The predicted octanol–water partition coefficient (Wildman–Crippen LogP) is 4.29. The number of rotatable bonds is 8. The van der Waals surface area contributed by atoms with E-state index >= 15 is 0 Å². The fraction of sp³-hybridized carbons (Fsp3) is 0.227. The second-order valence-electron chi connectivity index (χ2n) is 6.38. The molecular weight excluding hydrogens is 372 g/mol. The average molecular weight is 394 g/mol. The normalized spacial score (nSPS) is 11.0. The Labute approximate surface area is 168 Å². The summed E-state index contributed by atoms with van der Waals surface area (Å²) in [6.45, 7) is 3.78. The molecule has 2 aromatic carbocycles. The van der Waals surface area contributed by atoms with Crippen LogP contribution >= 0.6 is 0 Å². The fourth-order valence-corrected chi connectivity index (χ4v) is 2.49. The van der Waals surface area contributed by atoms with Gasteiger partial charge in [-0.25, -0.2) is 4.79 Å². The molecule has 3 rings (SSSR count). The number of carbonyl (C=O) groups excluding carboxylic acids is 1. The number of benzene rings is 2. The minimum absolute atomic E-state index is 0.0346. The third-order valence-electron chi connectivity index (χ3n) is 3.79. The maximum Gasteiger partial charge on any atom is 0.331 e. The smallest absolute Gasteiger partial charge is 0.331 e. The summed E-state index contributed by atoms with van der Waals surface area (Å²) < 4.78 is 21.7. The van der Waals surface area contributed by atoms with E-state index in [1.807, 2.05) is 50.2 Å². The van der Waals surface area contributed by atoms with E-state index in [-0.39, 0.29) is 18.6 Å². The average Bonchev–Trinajstić information content (AvgIpc) is 3.21. The Morgan fingerprint density at radius 3 is 2.62 bits per heavy atom. The number of esters is 1. The van der Waals surface area contributed by atoms with Gasteiger partial charge in [0.1, 0.15) is 0 Å². The summed E-state index contributed by atoms with van der Waals surface area (Å²) in [5.41, 5.74) is 1.58. The molecule has 0 fully saturated rings. The highest BCUT2D eigenvalue weighted by Crippen LogP contribution is 2.29. The van der Waals surface area contributed by atoms with E-state index < -0.39 is 5.97 Å². The van der Waals surface area contributed by atoms with Crippen molar-refractivity contribution in [1.29, 1.82) is 0 Å². The van der Waals surface area contributed by atoms with Crippen molar-refractivity contribution in [3.8, 4) is 23.0 Å². The summed E-state index contributed by atoms with van der Waals surface area (Å²) in [7, 11) is 1.57. The second kappa shape index (κ2) is 9.54. The van der Waals surface area contributed by atoms with Crippen molar-refractivity contribution in [2.45, 2.75) is 26.6 Å². The van der Waals surface area contributed by atoms with Gasteiger partial charge in [0, 0.05) is 11.6 Å². The molecule has 0 spiro atoms. The summed E-state index contributed by atoms with van der Waals surface area (Å²) in [6, 6.07) is 14.8. The van der Waals surface area contributed by atoms with E-state index in [0.29, 0.717) is 17.4 Å². The molecule has 0 aliphatic rings. The summed E-state index contributed by atoms with van der Waals surface area (Å²) in [5.74, 6) is 1.32. The van der Waals surface area contributed by atoms with Gasteiger partial charge in [0.2, 0.25) is 5.89 Å². The zero-order valence-electron chi connectivity index (χ0n) is 16.5. The molecule has 0 saturated heterocycles. The van der Waals surface area contributed by atoms with Crippen LogP contribution < -0.4 is 9.47 Å². The molecular formula is C22H22N2O5. The molecule has 0 N–H and O–H groups in total. The molecule has 7 heteroatoms. The maximum absolute atomic E-state index is 12.0. The molecule has 0 atom stereocenters. The van der Waals surface area contributed by atoms with Crippen molar-refractivity contribution in [1.82, 2.24) is 10.2 Å². The van der Waals surface area contributed by atoms with Crippen molar-refractivity contribution < 1.29 is 23.4 Å². The molecule has 0 saturated carbocycles. The number of carbonyl (C=O) groups is 1. The third kappa shape index (κ3) is 5.68. The fourth-order valence-electron chi connectivity index (χ4n) is 2.49. The number of ether oxygens (including phenoxy) is 3. The second-order valence-corrected chi connectivity index (χ2v) is 6.38. The van der Waals surface area contributed by atoms with Gasteiger partial charge in [0.05, 0.1) is 13.2 Å². The van der Waals surface area contributed by atoms with Gasteiger partial charge in [-0.05, 0) is 49.8 Å². The molecule has 7 nitrogen and oxygen atoms in total. The van der Waals surface area contributed by atoms with Gasteiger partial charge in [0.15, 0.2) is 18.1 Å². The van der Waals surface area contributed by atoms with E-state index in [4.69, 9.17) is 18.6 Å². The zero-order valence-corrected chi connectivity index (χ0v) is 16.5. The predicted molar refractivity (Wildman–Crippen MR) is 107 cm³/mol. The molecule has 0 aliphatic heterocycles. The first-order valence-corrected chi connectivity index (χ1v) is 9.12. The van der Waals surface area contributed by atoms with Crippen LogP contribution in [0.3, 0.4) is 0 Å². The first-order valence-electron chi connectivity index (χ1n) is 9.12. The van der Waals surface area contributed by atoms with Gasteiger partial charge in [0.25, 0.3) is 5.89 Å². The molecule has 0 amide bonds. The first-order chi connectivity index (χ1) is 14.0. The summed E-state index contributed by atoms with van der Waals surface area (Å²) in [6.07, 6.45) is 2.99. The van der Waals surface area contributed by atoms with E-state index in [1.54, 1.807) is 25.3 Å². The molecule has 0 radical (unpaired) electrons. The van der Waals surface area contributed by atoms with Crippen LogP contribution in [0.2, 0.25) is 0 Å². The largest absolute Gasteiger partial charge is 0.493 e. The van der Waals surface area contributed by atoms with Crippen LogP contribution in [0, 0.1) is 0 Å². The molecule has 0 aliphatic carbocycles. The van der Waals surface area contributed by atoms with Gasteiger partial charge >= 0.3 is 5.97 Å². The van der Waals surface area contributed by atoms with Gasteiger partial charge in [-0.3, -0.25) is 0 Å². The van der Waals surface area contributed by atoms with Gasteiger partial charge < -0.3 is 18.6 Å².